The normalized spacial score (nSPS) is 23.6. The highest BCUT2D eigenvalue weighted by molar-refractivity contribution is 7.23. The molecule has 3 aromatic carbocycles. The first-order chi connectivity index (χ1) is 32.2. The largest absolute Gasteiger partial charge is 0.463 e. The van der Waals surface area contributed by atoms with Gasteiger partial charge in [-0.15, -0.1) is 11.3 Å². The first-order valence-electron chi connectivity index (χ1n) is 22.3. The molecule has 5 atom stereocenters. The van der Waals surface area contributed by atoms with Gasteiger partial charge in [-0.3, -0.25) is 10.1 Å². The molecule has 2 amide bonds. The molecule has 2 saturated carbocycles. The number of carbonyl (C=O) groups is 2. The van der Waals surface area contributed by atoms with Crippen molar-refractivity contribution < 1.29 is 55.2 Å². The lowest BCUT2D eigenvalue weighted by atomic mass is 9.77. The Morgan fingerprint density at radius 1 is 1.03 bits per heavy atom. The lowest BCUT2D eigenvalue weighted by molar-refractivity contribution is -0.153. The quantitative estimate of drug-likeness (QED) is 0.107. The van der Waals surface area contributed by atoms with Gasteiger partial charge in [0.05, 0.1) is 47.8 Å². The molecule has 0 spiro atoms. The molecule has 20 heteroatoms. The van der Waals surface area contributed by atoms with Crippen molar-refractivity contribution in [1.82, 2.24) is 15.3 Å². The Labute approximate surface area is 397 Å². The van der Waals surface area contributed by atoms with Gasteiger partial charge in [0.25, 0.3) is 5.91 Å². The number of hydrogen-bond acceptors (Lipinski definition) is 12. The molecule has 360 valence electrons. The number of nitriles is 1. The zero-order valence-electron chi connectivity index (χ0n) is 37.8. The van der Waals surface area contributed by atoms with Crippen molar-refractivity contribution in [3.05, 3.63) is 75.6 Å². The molecule has 4 heterocycles. The van der Waals surface area contributed by atoms with Crippen LogP contribution < -0.4 is 20.3 Å². The van der Waals surface area contributed by atoms with Crippen LogP contribution >= 0.6 is 22.9 Å². The third-order valence-corrected chi connectivity index (χ3v) is 14.6. The molecule has 68 heavy (non-hydrogen) atoms. The Balaban J connectivity index is 1.12. The van der Waals surface area contributed by atoms with Gasteiger partial charge in [-0.2, -0.15) is 15.2 Å². The van der Waals surface area contributed by atoms with Crippen LogP contribution in [0.15, 0.2) is 30.3 Å². The first kappa shape index (κ1) is 47.7. The first-order valence-corrected chi connectivity index (χ1v) is 23.5. The molecule has 2 aromatic heterocycles. The maximum absolute atomic E-state index is 17.8. The predicted octanol–water partition coefficient (Wildman–Crippen LogP) is 10.3. The number of anilines is 2. The summed E-state index contributed by atoms with van der Waals surface area (Å²) in [4.78, 5) is 37.5. The van der Waals surface area contributed by atoms with Crippen molar-refractivity contribution in [3.63, 3.8) is 0 Å². The molecule has 13 nitrogen and oxygen atoms in total. The van der Waals surface area contributed by atoms with E-state index >= 15 is 8.78 Å². The van der Waals surface area contributed by atoms with Gasteiger partial charge in [-0.05, 0) is 108 Å². The molecular formula is C48H48ClF5N6O7S. The molecule has 2 saturated heterocycles. The molecule has 2 N–H and O–H groups in total. The Morgan fingerprint density at radius 3 is 2.50 bits per heavy atom. The monoisotopic (exact) mass is 982 g/mol. The highest BCUT2D eigenvalue weighted by atomic mass is 35.5. The van der Waals surface area contributed by atoms with Gasteiger partial charge in [0.15, 0.2) is 35.2 Å². The summed E-state index contributed by atoms with van der Waals surface area (Å²) in [7, 11) is 0. The van der Waals surface area contributed by atoms with Crippen molar-refractivity contribution in [2.24, 2.45) is 11.3 Å². The number of carbonyl (C=O) groups excluding carboxylic acids is 2. The minimum atomic E-state index is -1.52. The predicted molar refractivity (Wildman–Crippen MR) is 243 cm³/mol. The van der Waals surface area contributed by atoms with E-state index in [2.05, 4.69) is 15.6 Å². The van der Waals surface area contributed by atoms with Crippen LogP contribution in [0.2, 0.25) is 5.02 Å². The van der Waals surface area contributed by atoms with E-state index in [1.54, 1.807) is 39.5 Å². The smallest absolute Gasteiger partial charge is 0.412 e. The maximum atomic E-state index is 17.8. The van der Waals surface area contributed by atoms with Crippen LogP contribution in [0.4, 0.5) is 37.6 Å². The van der Waals surface area contributed by atoms with Crippen LogP contribution in [-0.2, 0) is 23.7 Å². The van der Waals surface area contributed by atoms with Crippen LogP contribution in [-0.4, -0.2) is 85.0 Å². The second-order valence-corrected chi connectivity index (χ2v) is 20.7. The fraction of sp³-hybridized carbons (Fsp3) is 0.479. The number of nitrogens with one attached hydrogen (secondary N) is 2. The van der Waals surface area contributed by atoms with Crippen molar-refractivity contribution in [3.8, 4) is 23.2 Å². The minimum Gasteiger partial charge on any atom is -0.463 e. The molecule has 2 aliphatic carbocycles. The average Bonchev–Trinajstić information content (AvgIpc) is 4.00. The van der Waals surface area contributed by atoms with Crippen molar-refractivity contribution in [1.29, 1.82) is 5.26 Å². The van der Waals surface area contributed by atoms with E-state index in [1.165, 1.54) is 12.1 Å². The summed E-state index contributed by atoms with van der Waals surface area (Å²) in [5.41, 5.74) is -1.52. The minimum absolute atomic E-state index is 0.000761. The number of benzene rings is 3. The van der Waals surface area contributed by atoms with E-state index in [0.29, 0.717) is 18.4 Å². The Bertz CT molecular complexity index is 2870. The van der Waals surface area contributed by atoms with Crippen LogP contribution in [0, 0.1) is 51.8 Å². The summed E-state index contributed by atoms with van der Waals surface area (Å²) in [6, 6.07) is 7.24. The van der Waals surface area contributed by atoms with E-state index < -0.39 is 70.0 Å². The van der Waals surface area contributed by atoms with Gasteiger partial charge < -0.3 is 33.9 Å². The lowest BCUT2D eigenvalue weighted by Crippen LogP contribution is -2.49. The summed E-state index contributed by atoms with van der Waals surface area (Å²) in [5.74, 6) is -7.19. The van der Waals surface area contributed by atoms with E-state index in [1.807, 2.05) is 6.07 Å². The van der Waals surface area contributed by atoms with Gasteiger partial charge in [0, 0.05) is 34.8 Å². The van der Waals surface area contributed by atoms with E-state index in [9.17, 15) is 28.0 Å². The van der Waals surface area contributed by atoms with Gasteiger partial charge in [-0.25, -0.2) is 26.7 Å². The Morgan fingerprint density at radius 2 is 1.79 bits per heavy atom. The van der Waals surface area contributed by atoms with E-state index in [-0.39, 0.29) is 111 Å². The molecular weight excluding hydrogens is 935 g/mol. The second-order valence-electron chi connectivity index (χ2n) is 19.3. The number of nitrogens with zero attached hydrogens (tertiary/aromatic N) is 4. The second kappa shape index (κ2) is 18.2. The third kappa shape index (κ3) is 9.13. The average molecular weight is 983 g/mol. The van der Waals surface area contributed by atoms with Crippen molar-refractivity contribution >= 4 is 66.7 Å². The molecule has 0 bridgehead atoms. The molecule has 5 aromatic rings. The van der Waals surface area contributed by atoms with Gasteiger partial charge >= 0.3 is 12.1 Å². The highest BCUT2D eigenvalue weighted by Crippen LogP contribution is 2.60. The van der Waals surface area contributed by atoms with Crippen LogP contribution in [0.25, 0.3) is 32.1 Å². The van der Waals surface area contributed by atoms with E-state index in [4.69, 9.17) is 40.3 Å². The molecule has 5 unspecified atom stereocenters. The molecule has 4 aliphatic rings. The summed E-state index contributed by atoms with van der Waals surface area (Å²) in [6.07, 6.45) is 1.72. The molecule has 4 fully saturated rings. The van der Waals surface area contributed by atoms with Crippen LogP contribution in [0.5, 0.6) is 6.01 Å². The standard InChI is InChI=1S/C48H48ClF5N6O7S/c1-46(2,3)67-45(62)59-43-28(18-55)35-26(8-9-31(50)40(35)68-43)36-30(49)17-27-39(38(36)54)57-44(58-41(27)60-13-14-63-20-24(19-60)56-42(61)34-21-65-47(4,5)66-34)64-22-48-11-6-7-29(48)25(10-12-48)23-15-32(51)37(53)33(52)16-23/h8-9,15-17,24-25,29,34H,6-7,10-14,19-22H2,1-5H3,(H,56,61)(H,59,62). The number of ether oxygens (including phenoxy) is 5. The fourth-order valence-electron chi connectivity index (χ4n) is 10.3. The van der Waals surface area contributed by atoms with Crippen molar-refractivity contribution in [2.75, 3.05) is 49.7 Å². The van der Waals surface area contributed by atoms with E-state index in [0.717, 1.165) is 48.8 Å². The zero-order chi connectivity index (χ0) is 48.4. The zero-order valence-corrected chi connectivity index (χ0v) is 39.4. The number of aromatic nitrogens is 2. The van der Waals surface area contributed by atoms with Crippen LogP contribution in [0.1, 0.15) is 83.8 Å². The number of hydrogen-bond donors (Lipinski definition) is 2. The lowest BCUT2D eigenvalue weighted by Gasteiger charge is -2.31. The molecule has 0 radical (unpaired) electrons. The van der Waals surface area contributed by atoms with Gasteiger partial charge in [-0.1, -0.05) is 24.1 Å². The SMILES string of the molecule is CC(C)(C)OC(=O)Nc1sc2c(F)ccc(-c3c(Cl)cc4c(N5CCOCC(NC(=O)C6COC(C)(C)O6)C5)nc(OCC56CCCC5C(c5cc(F)c(F)c(F)c5)CC6)nc4c3F)c2c1C#N. The topological polar surface area (TPSA) is 157 Å². The maximum Gasteiger partial charge on any atom is 0.412 e. The number of rotatable bonds is 9. The van der Waals surface area contributed by atoms with Gasteiger partial charge in [0.1, 0.15) is 33.8 Å². The Kier molecular flexibility index (Phi) is 12.7. The third-order valence-electron chi connectivity index (χ3n) is 13.2. The summed E-state index contributed by atoms with van der Waals surface area (Å²) in [5, 5.41) is 16.0. The fourth-order valence-corrected chi connectivity index (χ4v) is 11.6. The number of fused-ring (bicyclic) bond motifs is 3. The number of amides is 2. The molecule has 9 rings (SSSR count). The number of halogens is 6. The van der Waals surface area contributed by atoms with Crippen LogP contribution in [0.3, 0.4) is 0 Å². The highest BCUT2D eigenvalue weighted by Gasteiger charge is 2.52. The summed E-state index contributed by atoms with van der Waals surface area (Å²) in [6.45, 7) is 9.22. The molecule has 2 aliphatic heterocycles. The van der Waals surface area contributed by atoms with Gasteiger partial charge in [0.2, 0.25) is 0 Å². The summed E-state index contributed by atoms with van der Waals surface area (Å²) >= 11 is 7.81. The Hall–Kier alpha value is -5.39. The number of thiophene rings is 1. The van der Waals surface area contributed by atoms with Crippen molar-refractivity contribution in [2.45, 2.75) is 96.2 Å². The summed E-state index contributed by atoms with van der Waals surface area (Å²) < 4.78 is 105.